The number of hydrogen-bond acceptors (Lipinski definition) is 10. The fourth-order valence-corrected chi connectivity index (χ4v) is 5.84. The summed E-state index contributed by atoms with van der Waals surface area (Å²) in [6.45, 7) is 4.97. The van der Waals surface area contributed by atoms with Crippen LogP contribution in [0.1, 0.15) is 27.9 Å². The first-order valence-electron chi connectivity index (χ1n) is 13.0. The van der Waals surface area contributed by atoms with Gasteiger partial charge < -0.3 is 29.7 Å². The molecule has 0 radical (unpaired) electrons. The van der Waals surface area contributed by atoms with Gasteiger partial charge in [-0.1, -0.05) is 11.8 Å². The monoisotopic (exact) mass is 578 g/mol. The largest absolute Gasteiger partial charge is 0.496 e. The van der Waals surface area contributed by atoms with Crippen LogP contribution in [-0.4, -0.2) is 114 Å². The molecule has 13 heteroatoms. The Labute approximate surface area is 241 Å². The second kappa shape index (κ2) is 12.0. The molecule has 2 N–H and O–H groups in total. The van der Waals surface area contributed by atoms with Gasteiger partial charge in [0.1, 0.15) is 11.3 Å². The molecular formula is C28H30N6O6S. The Hall–Kier alpha value is -4.41. The molecule has 0 spiro atoms. The maximum atomic E-state index is 13.1. The van der Waals surface area contributed by atoms with Gasteiger partial charge in [-0.15, -0.1) is 11.3 Å². The molecule has 2 aromatic rings. The fraction of sp³-hybridized carbons (Fsp3) is 0.393. The van der Waals surface area contributed by atoms with Crippen molar-refractivity contribution in [2.45, 2.75) is 19.0 Å². The zero-order valence-corrected chi connectivity index (χ0v) is 23.7. The summed E-state index contributed by atoms with van der Waals surface area (Å²) < 4.78 is 10.2. The summed E-state index contributed by atoms with van der Waals surface area (Å²) in [5, 5.41) is 15.2. The Bertz CT molecular complexity index is 1480. The van der Waals surface area contributed by atoms with Gasteiger partial charge in [0.25, 0.3) is 0 Å². The summed E-state index contributed by atoms with van der Waals surface area (Å²) in [4.78, 5) is 51.8. The number of rotatable bonds is 7. The lowest BCUT2D eigenvalue weighted by atomic mass is 10.0. The number of esters is 1. The van der Waals surface area contributed by atoms with E-state index >= 15 is 0 Å². The molecule has 5 rings (SSSR count). The van der Waals surface area contributed by atoms with E-state index in [9.17, 15) is 19.5 Å². The predicted octanol–water partition coefficient (Wildman–Crippen LogP) is 1.49. The number of amides is 2. The van der Waals surface area contributed by atoms with Gasteiger partial charge in [-0.05, 0) is 25.1 Å². The molecule has 214 valence electrons. The second-order valence-electron chi connectivity index (χ2n) is 9.77. The van der Waals surface area contributed by atoms with E-state index in [1.54, 1.807) is 23.2 Å². The van der Waals surface area contributed by atoms with Gasteiger partial charge in [-0.2, -0.15) is 0 Å². The van der Waals surface area contributed by atoms with Crippen LogP contribution >= 0.6 is 11.3 Å². The Morgan fingerprint density at radius 2 is 2.07 bits per heavy atom. The first-order chi connectivity index (χ1) is 19.8. The molecule has 4 heterocycles. The highest BCUT2D eigenvalue weighted by molar-refractivity contribution is 7.11. The summed E-state index contributed by atoms with van der Waals surface area (Å²) in [7, 11) is 2.77. The van der Waals surface area contributed by atoms with Gasteiger partial charge in [0.2, 0.25) is 0 Å². The van der Waals surface area contributed by atoms with Crippen LogP contribution in [-0.2, 0) is 9.53 Å². The summed E-state index contributed by atoms with van der Waals surface area (Å²) >= 11 is 1.47. The predicted molar refractivity (Wildman–Crippen MR) is 151 cm³/mol. The Kier molecular flexibility index (Phi) is 8.23. The molecule has 0 aliphatic carbocycles. The van der Waals surface area contributed by atoms with Crippen LogP contribution in [0.15, 0.2) is 46.0 Å². The number of thiazole rings is 1. The minimum atomic E-state index is -1.07. The van der Waals surface area contributed by atoms with E-state index in [0.29, 0.717) is 49.7 Å². The van der Waals surface area contributed by atoms with Gasteiger partial charge in [0, 0.05) is 55.6 Å². The molecule has 3 aliphatic rings. The molecule has 0 unspecified atom stereocenters. The van der Waals surface area contributed by atoms with Crippen LogP contribution in [0.5, 0.6) is 5.75 Å². The zero-order chi connectivity index (χ0) is 29.1. The van der Waals surface area contributed by atoms with Gasteiger partial charge in [0.15, 0.2) is 10.8 Å². The van der Waals surface area contributed by atoms with Crippen LogP contribution < -0.4 is 10.1 Å². The van der Waals surface area contributed by atoms with Crippen molar-refractivity contribution >= 4 is 35.1 Å². The van der Waals surface area contributed by atoms with Crippen molar-refractivity contribution in [3.63, 3.8) is 0 Å². The van der Waals surface area contributed by atoms with Crippen LogP contribution in [0, 0.1) is 11.8 Å². The van der Waals surface area contributed by atoms with Crippen LogP contribution in [0.3, 0.4) is 0 Å². The number of methoxy groups -OCH3 is 2. The number of nitrogens with one attached hydrogen (secondary N) is 1. The highest BCUT2D eigenvalue weighted by atomic mass is 32.1. The summed E-state index contributed by atoms with van der Waals surface area (Å²) in [5.74, 6) is 5.40. The third kappa shape index (κ3) is 5.89. The first kappa shape index (κ1) is 28.1. The number of amidine groups is 1. The maximum Gasteiger partial charge on any atom is 0.339 e. The Balaban J connectivity index is 1.24. The van der Waals surface area contributed by atoms with Crippen molar-refractivity contribution in [3.05, 3.63) is 57.2 Å². The smallest absolute Gasteiger partial charge is 0.339 e. The van der Waals surface area contributed by atoms with Gasteiger partial charge >= 0.3 is 18.0 Å². The molecule has 1 aromatic carbocycles. The quantitative estimate of drug-likeness (QED) is 0.370. The highest BCUT2D eigenvalue weighted by Gasteiger charge is 2.41. The molecule has 2 saturated heterocycles. The van der Waals surface area contributed by atoms with Crippen molar-refractivity contribution in [3.8, 4) is 17.6 Å². The third-order valence-corrected chi connectivity index (χ3v) is 7.99. The van der Waals surface area contributed by atoms with Crippen LogP contribution in [0.4, 0.5) is 4.79 Å². The first-order valence-corrected chi connectivity index (χ1v) is 13.9. The topological polar surface area (TPSA) is 137 Å². The van der Waals surface area contributed by atoms with E-state index in [-0.39, 0.29) is 36.0 Å². The molecule has 0 bridgehead atoms. The van der Waals surface area contributed by atoms with Crippen molar-refractivity contribution < 1.29 is 29.0 Å². The number of aliphatic imine (C=N–C) groups is 1. The number of carboxylic acids is 1. The number of ether oxygens (including phenoxy) is 2. The van der Waals surface area contributed by atoms with Gasteiger partial charge in [-0.25, -0.2) is 19.4 Å². The van der Waals surface area contributed by atoms with Crippen molar-refractivity contribution in [2.75, 3.05) is 53.5 Å². The zero-order valence-electron chi connectivity index (χ0n) is 22.9. The molecular weight excluding hydrogens is 548 g/mol. The Morgan fingerprint density at radius 1 is 1.24 bits per heavy atom. The summed E-state index contributed by atoms with van der Waals surface area (Å²) in [6.07, 6.45) is 1.71. The number of benzene rings is 1. The standard InChI is InChI=1S/C28H30N6O6S/c1-17-23(27(37)40-3)21(31-24(30-17)25-29-8-12-41-25)16-32-10-11-34-19(14-32)15-33(28(34)38)9-4-5-18-6-7-20(26(35)36)22(13-18)39-2/h6-8,12-13,17,19H,9-11,14-16H2,1-3H3,(H,30,31)(H,35,36)/t17-,19-/m0/s1. The molecule has 41 heavy (non-hydrogen) atoms. The lowest BCUT2D eigenvalue weighted by Gasteiger charge is -2.37. The Morgan fingerprint density at radius 3 is 2.78 bits per heavy atom. The third-order valence-electron chi connectivity index (χ3n) is 7.21. The van der Waals surface area contributed by atoms with Crippen molar-refractivity contribution in [1.29, 1.82) is 0 Å². The van der Waals surface area contributed by atoms with E-state index < -0.39 is 11.9 Å². The molecule has 2 amide bonds. The minimum absolute atomic E-state index is 0.0108. The fourth-order valence-electron chi connectivity index (χ4n) is 5.25. The number of carbonyl (C=O) groups excluding carboxylic acids is 2. The average Bonchev–Trinajstić information content (AvgIpc) is 3.61. The lowest BCUT2D eigenvalue weighted by Crippen LogP contribution is -2.53. The number of fused-ring (bicyclic) bond motifs is 1. The highest BCUT2D eigenvalue weighted by Crippen LogP contribution is 2.25. The molecule has 12 nitrogen and oxygen atoms in total. The number of aromatic nitrogens is 1. The maximum absolute atomic E-state index is 13.1. The molecule has 1 aromatic heterocycles. The van der Waals surface area contributed by atoms with E-state index in [1.807, 2.05) is 17.2 Å². The second-order valence-corrected chi connectivity index (χ2v) is 10.7. The number of nitrogens with zero attached hydrogens (tertiary/aromatic N) is 5. The molecule has 3 aliphatic heterocycles. The average molecular weight is 579 g/mol. The van der Waals surface area contributed by atoms with Gasteiger partial charge in [0.05, 0.1) is 38.4 Å². The van der Waals surface area contributed by atoms with Crippen molar-refractivity contribution in [2.24, 2.45) is 4.99 Å². The van der Waals surface area contributed by atoms with E-state index in [2.05, 4.69) is 32.0 Å². The van der Waals surface area contributed by atoms with Crippen LogP contribution in [0.25, 0.3) is 0 Å². The molecule has 2 fully saturated rings. The van der Waals surface area contributed by atoms with E-state index in [1.165, 1.54) is 31.6 Å². The number of piperazine rings is 1. The molecule has 2 atom stereocenters. The van der Waals surface area contributed by atoms with Gasteiger partial charge in [-0.3, -0.25) is 9.89 Å². The number of aromatic carboxylic acids is 1. The summed E-state index contributed by atoms with van der Waals surface area (Å²) in [5.41, 5.74) is 1.89. The minimum Gasteiger partial charge on any atom is -0.496 e. The molecule has 0 saturated carbocycles. The summed E-state index contributed by atoms with van der Waals surface area (Å²) in [6, 6.07) is 4.19. The van der Waals surface area contributed by atoms with E-state index in [4.69, 9.17) is 9.47 Å². The SMILES string of the molecule is COC(=O)C1=C(CN2CCN3C(=O)N(CC#Cc4ccc(C(=O)O)c(OC)c4)C[C@@H]3C2)NC(c2nccs2)=N[C@H]1C. The van der Waals surface area contributed by atoms with Crippen LogP contribution in [0.2, 0.25) is 0 Å². The number of hydrogen-bond donors (Lipinski definition) is 2. The lowest BCUT2D eigenvalue weighted by molar-refractivity contribution is -0.136. The number of urea groups is 1. The number of carbonyl (C=O) groups is 3. The van der Waals surface area contributed by atoms with Crippen molar-refractivity contribution in [1.82, 2.24) is 25.0 Å². The number of carboxylic acid groups (broad SMARTS) is 1. The van der Waals surface area contributed by atoms with E-state index in [0.717, 1.165) is 10.7 Å². The normalized spacial score (nSPS) is 20.6.